The first-order chi connectivity index (χ1) is 13.6. The minimum Gasteiger partial charge on any atom is -0.489 e. The fourth-order valence-electron chi connectivity index (χ4n) is 3.89. The lowest BCUT2D eigenvalue weighted by molar-refractivity contribution is 0.151. The molecular weight excluding hydrogens is 346 g/mol. The second kappa shape index (κ2) is 8.07. The van der Waals surface area contributed by atoms with Crippen LogP contribution in [0.3, 0.4) is 0 Å². The van der Waals surface area contributed by atoms with Crippen LogP contribution >= 0.6 is 0 Å². The Kier molecular flexibility index (Phi) is 5.36. The van der Waals surface area contributed by atoms with E-state index in [1.807, 2.05) is 30.3 Å². The molecule has 0 spiro atoms. The predicted octanol–water partition coefficient (Wildman–Crippen LogP) is 5.06. The van der Waals surface area contributed by atoms with Gasteiger partial charge in [0, 0.05) is 12.2 Å². The standard InChI is InChI=1S/C25H27NO2/c1-18-8-10-22(11-9-18)26-15-14-21-16-23(12-13-24(21)25(27)19(26)2)28-17-20-6-4-3-5-7-20/h3-13,16,19,25,27H,14-15,17H2,1-2H3/t19-,25+/m0/s1. The van der Waals surface area contributed by atoms with E-state index in [0.717, 1.165) is 35.5 Å². The van der Waals surface area contributed by atoms with Gasteiger partial charge in [0.1, 0.15) is 12.4 Å². The Labute approximate surface area is 167 Å². The molecule has 0 aliphatic carbocycles. The topological polar surface area (TPSA) is 32.7 Å². The number of aryl methyl sites for hydroxylation is 1. The largest absolute Gasteiger partial charge is 0.489 e. The molecule has 0 saturated heterocycles. The summed E-state index contributed by atoms with van der Waals surface area (Å²) in [5, 5.41) is 11.0. The van der Waals surface area contributed by atoms with Gasteiger partial charge in [0.05, 0.1) is 12.1 Å². The number of aliphatic hydroxyl groups is 1. The Balaban J connectivity index is 1.53. The van der Waals surface area contributed by atoms with Crippen LogP contribution in [0.2, 0.25) is 0 Å². The third-order valence-electron chi connectivity index (χ3n) is 5.62. The lowest BCUT2D eigenvalue weighted by Crippen LogP contribution is -2.37. The number of anilines is 1. The highest BCUT2D eigenvalue weighted by atomic mass is 16.5. The van der Waals surface area contributed by atoms with Crippen molar-refractivity contribution in [2.45, 2.75) is 39.0 Å². The Morgan fingerprint density at radius 2 is 1.75 bits per heavy atom. The molecule has 1 aliphatic rings. The first kappa shape index (κ1) is 18.6. The van der Waals surface area contributed by atoms with Crippen molar-refractivity contribution in [1.82, 2.24) is 0 Å². The van der Waals surface area contributed by atoms with E-state index in [-0.39, 0.29) is 6.04 Å². The predicted molar refractivity (Wildman–Crippen MR) is 114 cm³/mol. The molecule has 1 heterocycles. The lowest BCUT2D eigenvalue weighted by Gasteiger charge is -2.32. The zero-order valence-corrected chi connectivity index (χ0v) is 16.5. The molecule has 1 N–H and O–H groups in total. The van der Waals surface area contributed by atoms with E-state index < -0.39 is 6.10 Å². The van der Waals surface area contributed by atoms with Crippen molar-refractivity contribution in [2.24, 2.45) is 0 Å². The molecule has 1 aliphatic heterocycles. The summed E-state index contributed by atoms with van der Waals surface area (Å²) in [6, 6.07) is 24.8. The summed E-state index contributed by atoms with van der Waals surface area (Å²) >= 11 is 0. The summed E-state index contributed by atoms with van der Waals surface area (Å²) in [6.07, 6.45) is 0.356. The van der Waals surface area contributed by atoms with Gasteiger partial charge < -0.3 is 14.7 Å². The number of nitrogens with zero attached hydrogens (tertiary/aromatic N) is 1. The van der Waals surface area contributed by atoms with Crippen molar-refractivity contribution in [3.8, 4) is 5.75 Å². The van der Waals surface area contributed by atoms with E-state index in [9.17, 15) is 5.11 Å². The zero-order valence-electron chi connectivity index (χ0n) is 16.5. The number of aliphatic hydroxyl groups excluding tert-OH is 1. The number of hydrogen-bond donors (Lipinski definition) is 1. The molecular formula is C25H27NO2. The van der Waals surface area contributed by atoms with Crippen LogP contribution < -0.4 is 9.64 Å². The number of hydrogen-bond acceptors (Lipinski definition) is 3. The van der Waals surface area contributed by atoms with Gasteiger partial charge >= 0.3 is 0 Å². The van der Waals surface area contributed by atoms with Gasteiger partial charge in [0.25, 0.3) is 0 Å². The Bertz CT molecular complexity index is 921. The van der Waals surface area contributed by atoms with Crippen LogP contribution in [0.25, 0.3) is 0 Å². The summed E-state index contributed by atoms with van der Waals surface area (Å²) in [5.41, 5.74) is 5.73. The molecule has 4 rings (SSSR count). The molecule has 3 heteroatoms. The quantitative estimate of drug-likeness (QED) is 0.694. The molecule has 3 nitrogen and oxygen atoms in total. The average molecular weight is 373 g/mol. The summed E-state index contributed by atoms with van der Waals surface area (Å²) < 4.78 is 5.99. The lowest BCUT2D eigenvalue weighted by atomic mass is 9.97. The van der Waals surface area contributed by atoms with Gasteiger partial charge in [-0.25, -0.2) is 0 Å². The van der Waals surface area contributed by atoms with Gasteiger partial charge in [-0.15, -0.1) is 0 Å². The normalized spacial score (nSPS) is 19.0. The third-order valence-corrected chi connectivity index (χ3v) is 5.62. The second-order valence-corrected chi connectivity index (χ2v) is 7.60. The van der Waals surface area contributed by atoms with Crippen LogP contribution in [0.15, 0.2) is 72.8 Å². The third kappa shape index (κ3) is 3.90. The van der Waals surface area contributed by atoms with Crippen molar-refractivity contribution in [3.63, 3.8) is 0 Å². The number of ether oxygens (including phenoxy) is 1. The van der Waals surface area contributed by atoms with Crippen LogP contribution in [0.5, 0.6) is 5.75 Å². The summed E-state index contributed by atoms with van der Waals surface area (Å²) in [5.74, 6) is 0.853. The first-order valence-corrected chi connectivity index (χ1v) is 9.93. The van der Waals surface area contributed by atoms with Crippen LogP contribution in [-0.2, 0) is 13.0 Å². The van der Waals surface area contributed by atoms with Gasteiger partial charge in [-0.3, -0.25) is 0 Å². The van der Waals surface area contributed by atoms with Gasteiger partial charge in [-0.05, 0) is 61.2 Å². The van der Waals surface area contributed by atoms with E-state index in [4.69, 9.17) is 4.74 Å². The summed E-state index contributed by atoms with van der Waals surface area (Å²) in [7, 11) is 0. The number of rotatable bonds is 4. The van der Waals surface area contributed by atoms with Crippen LogP contribution in [-0.4, -0.2) is 17.7 Å². The van der Waals surface area contributed by atoms with Crippen molar-refractivity contribution >= 4 is 5.69 Å². The zero-order chi connectivity index (χ0) is 19.5. The van der Waals surface area contributed by atoms with Gasteiger partial charge in [-0.2, -0.15) is 0 Å². The van der Waals surface area contributed by atoms with Crippen molar-refractivity contribution in [2.75, 3.05) is 11.4 Å². The molecule has 3 aromatic rings. The Morgan fingerprint density at radius 3 is 2.50 bits per heavy atom. The fraction of sp³-hybridized carbons (Fsp3) is 0.280. The van der Waals surface area contributed by atoms with E-state index in [1.54, 1.807) is 0 Å². The van der Waals surface area contributed by atoms with E-state index in [2.05, 4.69) is 61.2 Å². The fourth-order valence-corrected chi connectivity index (χ4v) is 3.89. The molecule has 0 saturated carbocycles. The molecule has 2 atom stereocenters. The molecule has 0 bridgehead atoms. The molecule has 0 fully saturated rings. The molecule has 0 aromatic heterocycles. The highest BCUT2D eigenvalue weighted by Crippen LogP contribution is 2.33. The highest BCUT2D eigenvalue weighted by Gasteiger charge is 2.28. The molecule has 28 heavy (non-hydrogen) atoms. The van der Waals surface area contributed by atoms with E-state index >= 15 is 0 Å². The number of benzene rings is 3. The highest BCUT2D eigenvalue weighted by molar-refractivity contribution is 5.51. The molecule has 144 valence electrons. The maximum Gasteiger partial charge on any atom is 0.120 e. The molecule has 0 amide bonds. The van der Waals surface area contributed by atoms with Gasteiger partial charge in [0.2, 0.25) is 0 Å². The monoisotopic (exact) mass is 373 g/mol. The van der Waals surface area contributed by atoms with Crippen LogP contribution in [0, 0.1) is 6.92 Å². The van der Waals surface area contributed by atoms with E-state index in [0.29, 0.717) is 6.61 Å². The van der Waals surface area contributed by atoms with Crippen molar-refractivity contribution in [1.29, 1.82) is 0 Å². The van der Waals surface area contributed by atoms with Crippen molar-refractivity contribution in [3.05, 3.63) is 95.1 Å². The molecule has 0 unspecified atom stereocenters. The van der Waals surface area contributed by atoms with Crippen molar-refractivity contribution < 1.29 is 9.84 Å². The van der Waals surface area contributed by atoms with Gasteiger partial charge in [-0.1, -0.05) is 54.1 Å². The first-order valence-electron chi connectivity index (χ1n) is 9.93. The molecule has 3 aromatic carbocycles. The number of fused-ring (bicyclic) bond motifs is 1. The SMILES string of the molecule is Cc1ccc(N2CCc3cc(OCc4ccccc4)ccc3[C@H](O)[C@@H]2C)cc1. The maximum atomic E-state index is 11.0. The summed E-state index contributed by atoms with van der Waals surface area (Å²) in [4.78, 5) is 2.30. The Hall–Kier alpha value is -2.78. The second-order valence-electron chi connectivity index (χ2n) is 7.60. The minimum absolute atomic E-state index is 0.0139. The van der Waals surface area contributed by atoms with Crippen LogP contribution in [0.4, 0.5) is 5.69 Å². The van der Waals surface area contributed by atoms with Crippen LogP contribution in [0.1, 0.15) is 35.3 Å². The Morgan fingerprint density at radius 1 is 1.00 bits per heavy atom. The average Bonchev–Trinajstić information content (AvgIpc) is 2.85. The summed E-state index contributed by atoms with van der Waals surface area (Å²) in [6.45, 7) is 5.61. The van der Waals surface area contributed by atoms with Gasteiger partial charge in [0.15, 0.2) is 0 Å². The minimum atomic E-state index is -0.526. The molecule has 0 radical (unpaired) electrons. The smallest absolute Gasteiger partial charge is 0.120 e. The van der Waals surface area contributed by atoms with E-state index in [1.165, 1.54) is 11.1 Å². The maximum absolute atomic E-state index is 11.0.